The van der Waals surface area contributed by atoms with Gasteiger partial charge in [0.25, 0.3) is 5.91 Å². The normalized spacial score (nSPS) is 17.3. The predicted octanol–water partition coefficient (Wildman–Crippen LogP) is 3.45. The summed E-state index contributed by atoms with van der Waals surface area (Å²) in [6.07, 6.45) is 0.934. The molecular formula is C14H18BrNO. The lowest BCUT2D eigenvalue weighted by Crippen LogP contribution is -2.32. The number of hydrogen-bond donors (Lipinski definition) is 1. The highest BCUT2D eigenvalue weighted by molar-refractivity contribution is 9.09. The predicted molar refractivity (Wildman–Crippen MR) is 73.6 cm³/mol. The average molecular weight is 296 g/mol. The van der Waals surface area contributed by atoms with Crippen LogP contribution in [0.25, 0.3) is 0 Å². The quantitative estimate of drug-likeness (QED) is 0.790. The summed E-state index contributed by atoms with van der Waals surface area (Å²) in [5, 5.41) is 2.89. The Labute approximate surface area is 111 Å². The van der Waals surface area contributed by atoms with E-state index in [1.165, 1.54) is 5.56 Å². The Morgan fingerprint density at radius 1 is 1.35 bits per heavy atom. The first-order chi connectivity index (χ1) is 7.89. The van der Waals surface area contributed by atoms with Crippen molar-refractivity contribution < 1.29 is 4.79 Å². The molecule has 0 aliphatic carbocycles. The second-order valence-electron chi connectivity index (χ2n) is 5.65. The molecule has 1 aromatic carbocycles. The van der Waals surface area contributed by atoms with Gasteiger partial charge < -0.3 is 5.32 Å². The van der Waals surface area contributed by atoms with Gasteiger partial charge in [0.2, 0.25) is 0 Å². The standard InChI is InChI=1S/C14H18BrNO/c1-14(2,3)12(15)10-5-4-9-6-7-16-13(17)11(9)8-10/h4-5,8,12H,6-7H2,1-3H3,(H,16,17). The molecular weight excluding hydrogens is 278 g/mol. The first-order valence-electron chi connectivity index (χ1n) is 5.94. The van der Waals surface area contributed by atoms with E-state index in [-0.39, 0.29) is 16.1 Å². The van der Waals surface area contributed by atoms with Crippen molar-refractivity contribution in [3.63, 3.8) is 0 Å². The van der Waals surface area contributed by atoms with Gasteiger partial charge in [0.1, 0.15) is 0 Å². The van der Waals surface area contributed by atoms with E-state index in [1.807, 2.05) is 6.07 Å². The highest BCUT2D eigenvalue weighted by atomic mass is 79.9. The van der Waals surface area contributed by atoms with E-state index in [4.69, 9.17) is 0 Å². The summed E-state index contributed by atoms with van der Waals surface area (Å²) in [5.41, 5.74) is 3.31. The zero-order chi connectivity index (χ0) is 12.6. The molecule has 1 atom stereocenters. The van der Waals surface area contributed by atoms with E-state index in [2.05, 4.69) is 54.2 Å². The Balaban J connectivity index is 2.39. The number of fused-ring (bicyclic) bond motifs is 1. The van der Waals surface area contributed by atoms with Crippen LogP contribution in [0.5, 0.6) is 0 Å². The van der Waals surface area contributed by atoms with Gasteiger partial charge in [0.15, 0.2) is 0 Å². The van der Waals surface area contributed by atoms with Crippen molar-refractivity contribution in [2.24, 2.45) is 5.41 Å². The minimum absolute atomic E-state index is 0.0571. The summed E-state index contributed by atoms with van der Waals surface area (Å²) < 4.78 is 0. The van der Waals surface area contributed by atoms with Crippen molar-refractivity contribution in [3.8, 4) is 0 Å². The zero-order valence-electron chi connectivity index (χ0n) is 10.5. The fourth-order valence-corrected chi connectivity index (χ4v) is 2.37. The van der Waals surface area contributed by atoms with Gasteiger partial charge >= 0.3 is 0 Å². The smallest absolute Gasteiger partial charge is 0.251 e. The maximum Gasteiger partial charge on any atom is 0.251 e. The van der Waals surface area contributed by atoms with Gasteiger partial charge in [0.05, 0.1) is 0 Å². The highest BCUT2D eigenvalue weighted by Gasteiger charge is 2.25. The Morgan fingerprint density at radius 2 is 2.06 bits per heavy atom. The molecule has 1 aliphatic heterocycles. The fourth-order valence-electron chi connectivity index (χ4n) is 2.09. The van der Waals surface area contributed by atoms with Gasteiger partial charge in [-0.1, -0.05) is 48.8 Å². The number of hydrogen-bond acceptors (Lipinski definition) is 1. The molecule has 17 heavy (non-hydrogen) atoms. The summed E-state index contributed by atoms with van der Waals surface area (Å²) in [4.78, 5) is 12.0. The summed E-state index contributed by atoms with van der Waals surface area (Å²) in [7, 11) is 0. The lowest BCUT2D eigenvalue weighted by atomic mass is 9.86. The van der Waals surface area contributed by atoms with Gasteiger partial charge in [0, 0.05) is 16.9 Å². The molecule has 0 bridgehead atoms. The molecule has 0 saturated carbocycles. The minimum atomic E-state index is 0.0571. The van der Waals surface area contributed by atoms with Gasteiger partial charge in [-0.2, -0.15) is 0 Å². The second-order valence-corrected chi connectivity index (χ2v) is 6.57. The molecule has 92 valence electrons. The van der Waals surface area contributed by atoms with Crippen LogP contribution in [0.1, 0.15) is 47.1 Å². The number of alkyl halides is 1. The molecule has 0 saturated heterocycles. The number of halogens is 1. The number of carbonyl (C=O) groups is 1. The van der Waals surface area contributed by atoms with Crippen LogP contribution in [-0.2, 0) is 6.42 Å². The molecule has 0 radical (unpaired) electrons. The molecule has 0 fully saturated rings. The number of rotatable bonds is 1. The van der Waals surface area contributed by atoms with Crippen LogP contribution in [0.15, 0.2) is 18.2 Å². The number of nitrogens with one attached hydrogen (secondary N) is 1. The first kappa shape index (κ1) is 12.6. The Bertz CT molecular complexity index is 448. The molecule has 0 spiro atoms. The summed E-state index contributed by atoms with van der Waals surface area (Å²) in [5.74, 6) is 0.0571. The topological polar surface area (TPSA) is 29.1 Å². The first-order valence-corrected chi connectivity index (χ1v) is 6.86. The average Bonchev–Trinajstić information content (AvgIpc) is 2.27. The summed E-state index contributed by atoms with van der Waals surface area (Å²) in [6.45, 7) is 7.31. The van der Waals surface area contributed by atoms with Crippen LogP contribution in [0.4, 0.5) is 0 Å². The monoisotopic (exact) mass is 295 g/mol. The Kier molecular flexibility index (Phi) is 3.30. The highest BCUT2D eigenvalue weighted by Crippen LogP contribution is 2.40. The Morgan fingerprint density at radius 3 is 2.71 bits per heavy atom. The zero-order valence-corrected chi connectivity index (χ0v) is 12.1. The number of amides is 1. The van der Waals surface area contributed by atoms with Gasteiger partial charge in [-0.15, -0.1) is 0 Å². The third kappa shape index (κ3) is 2.54. The molecule has 0 aromatic heterocycles. The molecule has 1 heterocycles. The summed E-state index contributed by atoms with van der Waals surface area (Å²) >= 11 is 3.72. The second kappa shape index (κ2) is 4.45. The van der Waals surface area contributed by atoms with Crippen LogP contribution in [0.2, 0.25) is 0 Å². The van der Waals surface area contributed by atoms with Crippen LogP contribution in [-0.4, -0.2) is 12.5 Å². The molecule has 3 heteroatoms. The SMILES string of the molecule is CC(C)(C)C(Br)c1ccc2c(c1)C(=O)NCC2. The largest absolute Gasteiger partial charge is 0.352 e. The summed E-state index contributed by atoms with van der Waals surface area (Å²) in [6, 6.07) is 6.24. The van der Waals surface area contributed by atoms with Crippen molar-refractivity contribution in [1.82, 2.24) is 5.32 Å². The third-order valence-corrected chi connectivity index (χ3v) is 5.01. The van der Waals surface area contributed by atoms with Crippen molar-refractivity contribution in [3.05, 3.63) is 34.9 Å². The lowest BCUT2D eigenvalue weighted by molar-refractivity contribution is 0.0946. The van der Waals surface area contributed by atoms with E-state index < -0.39 is 0 Å². The molecule has 1 aliphatic rings. The van der Waals surface area contributed by atoms with Gasteiger partial charge in [-0.25, -0.2) is 0 Å². The van der Waals surface area contributed by atoms with E-state index >= 15 is 0 Å². The fraction of sp³-hybridized carbons (Fsp3) is 0.500. The van der Waals surface area contributed by atoms with E-state index in [0.717, 1.165) is 24.1 Å². The molecule has 2 nitrogen and oxygen atoms in total. The van der Waals surface area contributed by atoms with E-state index in [1.54, 1.807) is 0 Å². The van der Waals surface area contributed by atoms with E-state index in [0.29, 0.717) is 0 Å². The van der Waals surface area contributed by atoms with Crippen LogP contribution in [0.3, 0.4) is 0 Å². The molecule has 1 N–H and O–H groups in total. The van der Waals surface area contributed by atoms with Crippen molar-refractivity contribution in [2.45, 2.75) is 32.0 Å². The van der Waals surface area contributed by atoms with Crippen molar-refractivity contribution in [2.75, 3.05) is 6.54 Å². The van der Waals surface area contributed by atoms with Crippen molar-refractivity contribution in [1.29, 1.82) is 0 Å². The van der Waals surface area contributed by atoms with Crippen LogP contribution < -0.4 is 5.32 Å². The Hall–Kier alpha value is -0.830. The van der Waals surface area contributed by atoms with Gasteiger partial charge in [-0.05, 0) is 29.0 Å². The maximum absolute atomic E-state index is 11.8. The number of carbonyl (C=O) groups excluding carboxylic acids is 1. The van der Waals surface area contributed by atoms with E-state index in [9.17, 15) is 4.79 Å². The molecule has 2 rings (SSSR count). The third-order valence-electron chi connectivity index (χ3n) is 3.11. The minimum Gasteiger partial charge on any atom is -0.352 e. The molecule has 1 unspecified atom stereocenters. The van der Waals surface area contributed by atoms with Gasteiger partial charge in [-0.3, -0.25) is 4.79 Å². The van der Waals surface area contributed by atoms with Crippen molar-refractivity contribution >= 4 is 21.8 Å². The maximum atomic E-state index is 11.8. The molecule has 1 aromatic rings. The van der Waals surface area contributed by atoms with Crippen LogP contribution >= 0.6 is 15.9 Å². The number of benzene rings is 1. The van der Waals surface area contributed by atoms with Crippen LogP contribution in [0, 0.1) is 5.41 Å². The lowest BCUT2D eigenvalue weighted by Gasteiger charge is -2.27. The molecule has 1 amide bonds.